The van der Waals surface area contributed by atoms with Gasteiger partial charge in [-0.2, -0.15) is 0 Å². The zero-order valence-corrected chi connectivity index (χ0v) is 19.9. The molecular weight excluding hydrogens is 415 g/mol. The molecule has 0 saturated carbocycles. The van der Waals surface area contributed by atoms with Crippen molar-refractivity contribution in [2.45, 2.75) is 51.5 Å². The molecule has 0 bridgehead atoms. The number of hydrogen-bond acceptors (Lipinski definition) is 5. The van der Waals surface area contributed by atoms with Gasteiger partial charge < -0.3 is 14.4 Å². The Morgan fingerprint density at radius 1 is 1.12 bits per heavy atom. The lowest BCUT2D eigenvalue weighted by molar-refractivity contribution is 0.372. The van der Waals surface area contributed by atoms with Crippen LogP contribution in [0.4, 0.5) is 10.2 Å². The third kappa shape index (κ3) is 4.51. The number of nitrogens with zero attached hydrogens (tertiary/aromatic N) is 6. The van der Waals surface area contributed by atoms with Gasteiger partial charge in [0.15, 0.2) is 0 Å². The second kappa shape index (κ2) is 9.21. The van der Waals surface area contributed by atoms with Gasteiger partial charge in [-0.1, -0.05) is 0 Å². The van der Waals surface area contributed by atoms with Crippen LogP contribution in [0.5, 0.6) is 0 Å². The van der Waals surface area contributed by atoms with Crippen LogP contribution in [0, 0.1) is 12.7 Å². The maximum atomic E-state index is 13.8. The molecule has 1 aliphatic carbocycles. The molecule has 1 aliphatic heterocycles. The van der Waals surface area contributed by atoms with E-state index < -0.39 is 0 Å². The third-order valence-corrected chi connectivity index (χ3v) is 7.06. The topological polar surface area (TPSA) is 50.1 Å². The molecule has 1 saturated heterocycles. The van der Waals surface area contributed by atoms with Crippen molar-refractivity contribution < 1.29 is 4.39 Å². The maximum Gasteiger partial charge on any atom is 0.135 e. The first-order valence-electron chi connectivity index (χ1n) is 12.1. The molecule has 7 heteroatoms. The second-order valence-corrected chi connectivity index (χ2v) is 9.68. The fourth-order valence-corrected chi connectivity index (χ4v) is 5.15. The van der Waals surface area contributed by atoms with E-state index in [-0.39, 0.29) is 5.82 Å². The van der Waals surface area contributed by atoms with Crippen LogP contribution in [-0.4, -0.2) is 58.1 Å². The molecule has 0 unspecified atom stereocenters. The number of piperidine rings is 1. The zero-order chi connectivity index (χ0) is 22.9. The number of aryl methyl sites for hydroxylation is 2. The molecular formula is C26H33FN6. The average Bonchev–Trinajstić information content (AvgIpc) is 3.47. The summed E-state index contributed by atoms with van der Waals surface area (Å²) in [4.78, 5) is 18.9. The molecule has 3 heterocycles. The summed E-state index contributed by atoms with van der Waals surface area (Å²) < 4.78 is 16.1. The number of halogens is 1. The molecule has 0 amide bonds. The Bertz CT molecular complexity index is 1130. The molecule has 0 spiro atoms. The highest BCUT2D eigenvalue weighted by molar-refractivity contribution is 5.60. The number of likely N-dealkylation sites (N-methyl/N-ethyl adjacent to an activating group) is 1. The molecule has 6 nitrogen and oxygen atoms in total. The molecule has 0 radical (unpaired) electrons. The van der Waals surface area contributed by atoms with Gasteiger partial charge in [-0.3, -0.25) is 0 Å². The SMILES string of the molecule is Cc1cc(-c2cn(CCN(C)C)c(C3CCN(c4ncnc5c4CCC5)CC3)n2)ccc1F. The highest BCUT2D eigenvalue weighted by Gasteiger charge is 2.28. The predicted molar refractivity (Wildman–Crippen MR) is 129 cm³/mol. The van der Waals surface area contributed by atoms with Crippen molar-refractivity contribution in [2.75, 3.05) is 38.6 Å². The number of fused-ring (bicyclic) bond motifs is 1. The Kier molecular flexibility index (Phi) is 6.15. The Morgan fingerprint density at radius 3 is 2.70 bits per heavy atom. The van der Waals surface area contributed by atoms with E-state index in [4.69, 9.17) is 4.98 Å². The zero-order valence-electron chi connectivity index (χ0n) is 19.9. The summed E-state index contributed by atoms with van der Waals surface area (Å²) in [5.41, 5.74) is 5.16. The van der Waals surface area contributed by atoms with Crippen LogP contribution in [0.25, 0.3) is 11.3 Å². The van der Waals surface area contributed by atoms with E-state index in [1.165, 1.54) is 17.7 Å². The van der Waals surface area contributed by atoms with Crippen LogP contribution in [0.3, 0.4) is 0 Å². The molecule has 2 aliphatic rings. The summed E-state index contributed by atoms with van der Waals surface area (Å²) in [6.45, 7) is 5.63. The fraction of sp³-hybridized carbons (Fsp3) is 0.500. The standard InChI is InChI=1S/C26H33FN6/c1-18-15-20(7-8-22(18)27)24-16-33(14-13-31(2)3)25(30-24)19-9-11-32(12-10-19)26-21-5-4-6-23(21)28-17-29-26/h7-8,15-17,19H,4-6,9-14H2,1-3H3. The number of aromatic nitrogens is 4. The van der Waals surface area contributed by atoms with Crippen molar-refractivity contribution in [2.24, 2.45) is 0 Å². The molecule has 0 atom stereocenters. The third-order valence-electron chi connectivity index (χ3n) is 7.06. The lowest BCUT2D eigenvalue weighted by atomic mass is 9.95. The van der Waals surface area contributed by atoms with Crippen molar-refractivity contribution in [1.82, 2.24) is 24.4 Å². The summed E-state index contributed by atoms with van der Waals surface area (Å²) in [6, 6.07) is 5.28. The van der Waals surface area contributed by atoms with Crippen LogP contribution in [0.2, 0.25) is 0 Å². The molecule has 0 N–H and O–H groups in total. The van der Waals surface area contributed by atoms with Gasteiger partial charge in [0, 0.05) is 55.1 Å². The van der Waals surface area contributed by atoms with E-state index >= 15 is 0 Å². The summed E-state index contributed by atoms with van der Waals surface area (Å²) in [7, 11) is 4.19. The van der Waals surface area contributed by atoms with E-state index in [0.717, 1.165) is 74.8 Å². The van der Waals surface area contributed by atoms with Gasteiger partial charge in [-0.15, -0.1) is 0 Å². The number of imidazole rings is 1. The molecule has 5 rings (SSSR count). The van der Waals surface area contributed by atoms with Gasteiger partial charge in [0.05, 0.1) is 5.69 Å². The minimum Gasteiger partial charge on any atom is -0.356 e. The Labute approximate surface area is 195 Å². The predicted octanol–water partition coefficient (Wildman–Crippen LogP) is 4.22. The Morgan fingerprint density at radius 2 is 1.94 bits per heavy atom. The normalized spacial score (nSPS) is 16.6. The van der Waals surface area contributed by atoms with Crippen LogP contribution >= 0.6 is 0 Å². The highest BCUT2D eigenvalue weighted by Crippen LogP contribution is 2.34. The number of anilines is 1. The molecule has 1 fully saturated rings. The number of rotatable bonds is 6. The van der Waals surface area contributed by atoms with Gasteiger partial charge in [-0.25, -0.2) is 19.3 Å². The average molecular weight is 449 g/mol. The Balaban J connectivity index is 1.37. The highest BCUT2D eigenvalue weighted by atomic mass is 19.1. The second-order valence-electron chi connectivity index (χ2n) is 9.68. The monoisotopic (exact) mass is 448 g/mol. The van der Waals surface area contributed by atoms with E-state index in [1.54, 1.807) is 12.4 Å². The van der Waals surface area contributed by atoms with E-state index in [2.05, 4.69) is 44.6 Å². The first kappa shape index (κ1) is 22.0. The molecule has 1 aromatic carbocycles. The number of benzene rings is 1. The lowest BCUT2D eigenvalue weighted by Crippen LogP contribution is -2.35. The summed E-state index contributed by atoms with van der Waals surface area (Å²) in [6.07, 6.45) is 9.36. The molecule has 174 valence electrons. The van der Waals surface area contributed by atoms with Crippen LogP contribution in [0.1, 0.15) is 47.8 Å². The van der Waals surface area contributed by atoms with Gasteiger partial charge in [0.25, 0.3) is 0 Å². The fourth-order valence-electron chi connectivity index (χ4n) is 5.15. The Hall–Kier alpha value is -2.80. The van der Waals surface area contributed by atoms with Crippen molar-refractivity contribution in [3.05, 3.63) is 59.2 Å². The van der Waals surface area contributed by atoms with Crippen molar-refractivity contribution in [3.8, 4) is 11.3 Å². The summed E-state index contributed by atoms with van der Waals surface area (Å²) >= 11 is 0. The smallest absolute Gasteiger partial charge is 0.135 e. The summed E-state index contributed by atoms with van der Waals surface area (Å²) in [5, 5.41) is 0. The van der Waals surface area contributed by atoms with Crippen molar-refractivity contribution in [3.63, 3.8) is 0 Å². The van der Waals surface area contributed by atoms with Crippen molar-refractivity contribution >= 4 is 5.82 Å². The molecule has 2 aromatic heterocycles. The van der Waals surface area contributed by atoms with Crippen molar-refractivity contribution in [1.29, 1.82) is 0 Å². The van der Waals surface area contributed by atoms with E-state index in [0.29, 0.717) is 11.5 Å². The van der Waals surface area contributed by atoms with Gasteiger partial charge in [-0.05, 0) is 76.9 Å². The minimum absolute atomic E-state index is 0.172. The van der Waals surface area contributed by atoms with E-state index in [1.807, 2.05) is 19.1 Å². The quantitative estimate of drug-likeness (QED) is 0.565. The first-order valence-corrected chi connectivity index (χ1v) is 12.1. The largest absolute Gasteiger partial charge is 0.356 e. The van der Waals surface area contributed by atoms with Crippen LogP contribution < -0.4 is 4.90 Å². The van der Waals surface area contributed by atoms with Crippen LogP contribution in [0.15, 0.2) is 30.7 Å². The molecule has 33 heavy (non-hydrogen) atoms. The van der Waals surface area contributed by atoms with Gasteiger partial charge in [0.2, 0.25) is 0 Å². The molecule has 3 aromatic rings. The van der Waals surface area contributed by atoms with Gasteiger partial charge >= 0.3 is 0 Å². The van der Waals surface area contributed by atoms with Gasteiger partial charge in [0.1, 0.15) is 23.8 Å². The summed E-state index contributed by atoms with van der Waals surface area (Å²) in [5.74, 6) is 2.54. The maximum absolute atomic E-state index is 13.8. The first-order chi connectivity index (χ1) is 16.0. The lowest BCUT2D eigenvalue weighted by Gasteiger charge is -2.33. The minimum atomic E-state index is -0.172. The number of hydrogen-bond donors (Lipinski definition) is 0. The van der Waals surface area contributed by atoms with E-state index in [9.17, 15) is 4.39 Å². The van der Waals surface area contributed by atoms with Crippen LogP contribution in [-0.2, 0) is 19.4 Å².